The Morgan fingerprint density at radius 3 is 2.75 bits per heavy atom. The lowest BCUT2D eigenvalue weighted by Crippen LogP contribution is -2.44. The maximum absolute atomic E-state index is 12.8. The van der Waals surface area contributed by atoms with Crippen molar-refractivity contribution in [2.75, 3.05) is 38.2 Å². The molecule has 8 heteroatoms. The summed E-state index contributed by atoms with van der Waals surface area (Å²) in [6.45, 7) is 1.24. The monoisotopic (exact) mass is 344 g/mol. The predicted octanol–water partition coefficient (Wildman–Crippen LogP) is 2.67. The van der Waals surface area contributed by atoms with Crippen molar-refractivity contribution < 1.29 is 27.4 Å². The van der Waals surface area contributed by atoms with E-state index in [9.17, 15) is 18.0 Å². The number of ether oxygens (including phenoxy) is 2. The smallest absolute Gasteiger partial charge is 0.393 e. The van der Waals surface area contributed by atoms with Gasteiger partial charge in [-0.1, -0.05) is 0 Å². The molecule has 1 aromatic carbocycles. The molecule has 0 saturated carbocycles. The van der Waals surface area contributed by atoms with E-state index in [-0.39, 0.29) is 25.4 Å². The van der Waals surface area contributed by atoms with Gasteiger partial charge in [0.2, 0.25) is 5.91 Å². The number of nitrogens with zero attached hydrogens (tertiary/aromatic N) is 1. The maximum atomic E-state index is 12.8. The minimum atomic E-state index is -4.20. The molecule has 1 aromatic rings. The summed E-state index contributed by atoms with van der Waals surface area (Å²) in [5, 5.41) is 2.70. The van der Waals surface area contributed by atoms with Gasteiger partial charge < -0.3 is 14.8 Å². The molecule has 132 valence electrons. The predicted molar refractivity (Wildman–Crippen MR) is 81.3 cm³/mol. The van der Waals surface area contributed by atoms with Crippen LogP contribution in [0.4, 0.5) is 18.9 Å². The van der Waals surface area contributed by atoms with Crippen molar-refractivity contribution >= 4 is 11.6 Å². The first kappa shape index (κ1) is 16.9. The van der Waals surface area contributed by atoms with Crippen LogP contribution in [0.2, 0.25) is 0 Å². The normalized spacial score (nSPS) is 21.4. The van der Waals surface area contributed by atoms with Crippen molar-refractivity contribution in [2.45, 2.75) is 19.0 Å². The molecule has 5 nitrogen and oxygen atoms in total. The van der Waals surface area contributed by atoms with Crippen LogP contribution in [0.15, 0.2) is 18.2 Å². The molecule has 24 heavy (non-hydrogen) atoms. The summed E-state index contributed by atoms with van der Waals surface area (Å²) in [4.78, 5) is 13.6. The van der Waals surface area contributed by atoms with Crippen molar-refractivity contribution in [3.63, 3.8) is 0 Å². The standard InChI is InChI=1S/C16H19F3N2O3/c17-16(18,19)11-2-1-5-21(9-11)10-15(22)20-12-3-4-13-14(8-12)24-7-6-23-13/h3-4,8,11H,1-2,5-7,9-10H2,(H,20,22)/t11-/m1/s1. The number of fused-ring (bicyclic) bond motifs is 1. The van der Waals surface area contributed by atoms with Gasteiger partial charge in [0, 0.05) is 18.3 Å². The number of halogens is 3. The Bertz CT molecular complexity index is 607. The molecule has 1 atom stereocenters. The van der Waals surface area contributed by atoms with Crippen molar-refractivity contribution in [1.29, 1.82) is 0 Å². The molecule has 0 radical (unpaired) electrons. The number of carbonyl (C=O) groups is 1. The topological polar surface area (TPSA) is 50.8 Å². The Morgan fingerprint density at radius 2 is 2.00 bits per heavy atom. The number of alkyl halides is 3. The Labute approximate surface area is 137 Å². The SMILES string of the molecule is O=C(CN1CCC[C@@H](C(F)(F)F)C1)Nc1ccc2c(c1)OCCO2. The zero-order valence-electron chi connectivity index (χ0n) is 13.1. The molecule has 1 N–H and O–H groups in total. The van der Waals surface area contributed by atoms with Gasteiger partial charge in [-0.15, -0.1) is 0 Å². The minimum absolute atomic E-state index is 0.0545. The molecule has 3 rings (SSSR count). The molecule has 0 aromatic heterocycles. The van der Waals surface area contributed by atoms with Crippen molar-refractivity contribution in [1.82, 2.24) is 4.90 Å². The van der Waals surface area contributed by atoms with Gasteiger partial charge in [-0.05, 0) is 31.5 Å². The summed E-state index contributed by atoms with van der Waals surface area (Å²) < 4.78 is 49.3. The highest BCUT2D eigenvalue weighted by atomic mass is 19.4. The molecule has 0 spiro atoms. The summed E-state index contributed by atoms with van der Waals surface area (Å²) in [5.74, 6) is -0.527. The third-order valence-corrected chi connectivity index (χ3v) is 4.16. The summed E-state index contributed by atoms with van der Waals surface area (Å²) >= 11 is 0. The van der Waals surface area contributed by atoms with E-state index in [4.69, 9.17) is 9.47 Å². The summed E-state index contributed by atoms with van der Waals surface area (Å²) in [7, 11) is 0. The molecule has 0 unspecified atom stereocenters. The van der Waals surface area contributed by atoms with Crippen LogP contribution < -0.4 is 14.8 Å². The lowest BCUT2D eigenvalue weighted by Gasteiger charge is -2.33. The Morgan fingerprint density at radius 1 is 1.25 bits per heavy atom. The zero-order valence-corrected chi connectivity index (χ0v) is 13.1. The number of anilines is 1. The van der Waals surface area contributed by atoms with E-state index < -0.39 is 12.1 Å². The fourth-order valence-electron chi connectivity index (χ4n) is 2.99. The number of hydrogen-bond donors (Lipinski definition) is 1. The van der Waals surface area contributed by atoms with E-state index in [0.717, 1.165) is 0 Å². The summed E-state index contributed by atoms with van der Waals surface area (Å²) in [5.41, 5.74) is 0.536. The number of rotatable bonds is 3. The third-order valence-electron chi connectivity index (χ3n) is 4.16. The number of benzene rings is 1. The second kappa shape index (κ2) is 6.88. The molecule has 0 aliphatic carbocycles. The molecule has 1 fully saturated rings. The number of nitrogens with one attached hydrogen (secondary N) is 1. The highest BCUT2D eigenvalue weighted by Gasteiger charge is 2.41. The largest absolute Gasteiger partial charge is 0.486 e. The fourth-order valence-corrected chi connectivity index (χ4v) is 2.99. The van der Waals surface area contributed by atoms with Gasteiger partial charge in [0.15, 0.2) is 11.5 Å². The van der Waals surface area contributed by atoms with Crippen LogP contribution in [-0.2, 0) is 4.79 Å². The van der Waals surface area contributed by atoms with E-state index in [1.54, 1.807) is 23.1 Å². The van der Waals surface area contributed by atoms with Crippen molar-refractivity contribution in [2.24, 2.45) is 5.92 Å². The molecule has 2 aliphatic rings. The number of piperidine rings is 1. The van der Waals surface area contributed by atoms with Crippen LogP contribution >= 0.6 is 0 Å². The number of amides is 1. The maximum Gasteiger partial charge on any atom is 0.393 e. The van der Waals surface area contributed by atoms with Crippen molar-refractivity contribution in [3.05, 3.63) is 18.2 Å². The van der Waals surface area contributed by atoms with E-state index in [1.807, 2.05) is 0 Å². The average Bonchev–Trinajstić information content (AvgIpc) is 2.54. The Balaban J connectivity index is 1.56. The molecule has 0 bridgehead atoms. The van der Waals surface area contributed by atoms with Gasteiger partial charge >= 0.3 is 6.18 Å². The van der Waals surface area contributed by atoms with Gasteiger partial charge in [0.05, 0.1) is 12.5 Å². The summed E-state index contributed by atoms with van der Waals surface area (Å²) in [6.07, 6.45) is -3.63. The highest BCUT2D eigenvalue weighted by molar-refractivity contribution is 5.92. The fraction of sp³-hybridized carbons (Fsp3) is 0.562. The first-order valence-corrected chi connectivity index (χ1v) is 7.90. The van der Waals surface area contributed by atoms with E-state index >= 15 is 0 Å². The molecular formula is C16H19F3N2O3. The van der Waals surface area contributed by atoms with Crippen molar-refractivity contribution in [3.8, 4) is 11.5 Å². The van der Waals surface area contributed by atoms with Gasteiger partial charge in [-0.2, -0.15) is 13.2 Å². The average molecular weight is 344 g/mol. The third kappa shape index (κ3) is 4.11. The lowest BCUT2D eigenvalue weighted by molar-refractivity contribution is -0.186. The zero-order chi connectivity index (χ0) is 17.2. The minimum Gasteiger partial charge on any atom is -0.486 e. The lowest BCUT2D eigenvalue weighted by atomic mass is 9.97. The first-order valence-electron chi connectivity index (χ1n) is 7.90. The number of likely N-dealkylation sites (tertiary alicyclic amines) is 1. The van der Waals surface area contributed by atoms with Gasteiger partial charge in [0.1, 0.15) is 13.2 Å². The van der Waals surface area contributed by atoms with Gasteiger partial charge in [0.25, 0.3) is 0 Å². The second-order valence-electron chi connectivity index (χ2n) is 6.02. The van der Waals surface area contributed by atoms with E-state index in [1.165, 1.54) is 0 Å². The molecular weight excluding hydrogens is 325 g/mol. The Hall–Kier alpha value is -1.96. The molecule has 1 saturated heterocycles. The van der Waals surface area contributed by atoms with Gasteiger partial charge in [-0.3, -0.25) is 9.69 Å². The quantitative estimate of drug-likeness (QED) is 0.916. The van der Waals surface area contributed by atoms with Crippen LogP contribution in [-0.4, -0.2) is 49.8 Å². The molecule has 2 heterocycles. The number of carbonyl (C=O) groups excluding carboxylic acids is 1. The van der Waals surface area contributed by atoms with Crippen LogP contribution in [0.3, 0.4) is 0 Å². The van der Waals surface area contributed by atoms with Crippen LogP contribution in [0.25, 0.3) is 0 Å². The van der Waals surface area contributed by atoms with Gasteiger partial charge in [-0.25, -0.2) is 0 Å². The second-order valence-corrected chi connectivity index (χ2v) is 6.02. The van der Waals surface area contributed by atoms with Crippen LogP contribution in [0.5, 0.6) is 11.5 Å². The van der Waals surface area contributed by atoms with E-state index in [0.29, 0.717) is 43.4 Å². The van der Waals surface area contributed by atoms with E-state index in [2.05, 4.69) is 5.32 Å². The number of hydrogen-bond acceptors (Lipinski definition) is 4. The van der Waals surface area contributed by atoms with Crippen LogP contribution in [0.1, 0.15) is 12.8 Å². The highest BCUT2D eigenvalue weighted by Crippen LogP contribution is 2.34. The van der Waals surface area contributed by atoms with Crippen LogP contribution in [0, 0.1) is 5.92 Å². The molecule has 2 aliphatic heterocycles. The molecule has 1 amide bonds. The summed E-state index contributed by atoms with van der Waals surface area (Å²) in [6, 6.07) is 5.03. The first-order chi connectivity index (χ1) is 11.4. The Kier molecular flexibility index (Phi) is 4.84.